The first-order valence-corrected chi connectivity index (χ1v) is 13.3. The van der Waals surface area contributed by atoms with Crippen LogP contribution in [0.2, 0.25) is 0 Å². The summed E-state index contributed by atoms with van der Waals surface area (Å²) in [7, 11) is 0. The molecule has 0 saturated heterocycles. The Hall–Kier alpha value is -4.62. The van der Waals surface area contributed by atoms with Crippen molar-refractivity contribution in [2.24, 2.45) is 0 Å². The zero-order valence-electron chi connectivity index (χ0n) is 21.7. The first kappa shape index (κ1) is 22.6. The predicted octanol–water partition coefficient (Wildman–Crippen LogP) is 10.3. The van der Waals surface area contributed by atoms with Crippen molar-refractivity contribution in [1.82, 2.24) is 0 Å². The summed E-state index contributed by atoms with van der Waals surface area (Å²) in [4.78, 5) is 2.39. The average molecular weight is 488 g/mol. The molecule has 0 atom stereocenters. The van der Waals surface area contributed by atoms with E-state index in [2.05, 4.69) is 158 Å². The van der Waals surface area contributed by atoms with Crippen LogP contribution in [0.4, 0.5) is 17.1 Å². The molecular weight excluding hydrogens is 458 g/mol. The van der Waals surface area contributed by atoms with Crippen LogP contribution in [0.25, 0.3) is 33.0 Å². The summed E-state index contributed by atoms with van der Waals surface area (Å²) < 4.78 is 0. The molecular formula is C37H29N. The Kier molecular flexibility index (Phi) is 5.19. The lowest BCUT2D eigenvalue weighted by molar-refractivity contribution is 0.661. The Morgan fingerprint density at radius 3 is 1.87 bits per heavy atom. The van der Waals surface area contributed by atoms with Crippen molar-refractivity contribution >= 4 is 27.8 Å². The Bertz CT molecular complexity index is 1760. The molecule has 6 aromatic carbocycles. The molecule has 38 heavy (non-hydrogen) atoms. The molecule has 1 heteroatoms. The smallest absolute Gasteiger partial charge is 0.0540 e. The van der Waals surface area contributed by atoms with Crippen LogP contribution in [-0.2, 0) is 5.41 Å². The van der Waals surface area contributed by atoms with Gasteiger partial charge in [0.2, 0.25) is 0 Å². The van der Waals surface area contributed by atoms with Gasteiger partial charge in [0.15, 0.2) is 0 Å². The number of para-hydroxylation sites is 1. The van der Waals surface area contributed by atoms with Gasteiger partial charge in [-0.3, -0.25) is 0 Å². The van der Waals surface area contributed by atoms with Crippen LogP contribution in [0.5, 0.6) is 0 Å². The zero-order valence-corrected chi connectivity index (χ0v) is 21.7. The third kappa shape index (κ3) is 3.55. The van der Waals surface area contributed by atoms with E-state index in [4.69, 9.17) is 0 Å². The summed E-state index contributed by atoms with van der Waals surface area (Å²) in [6.07, 6.45) is 0. The molecule has 0 fully saturated rings. The number of fused-ring (bicyclic) bond motifs is 4. The van der Waals surface area contributed by atoms with Gasteiger partial charge in [-0.25, -0.2) is 0 Å². The highest BCUT2D eigenvalue weighted by Crippen LogP contribution is 2.51. The largest absolute Gasteiger partial charge is 0.310 e. The lowest BCUT2D eigenvalue weighted by Gasteiger charge is -2.28. The van der Waals surface area contributed by atoms with Crippen LogP contribution in [0.3, 0.4) is 0 Å². The number of hydrogen-bond acceptors (Lipinski definition) is 1. The summed E-state index contributed by atoms with van der Waals surface area (Å²) in [6.45, 7) is 4.70. The number of benzene rings is 6. The van der Waals surface area contributed by atoms with Crippen LogP contribution in [0, 0.1) is 0 Å². The summed E-state index contributed by atoms with van der Waals surface area (Å²) >= 11 is 0. The van der Waals surface area contributed by atoms with Gasteiger partial charge in [0.25, 0.3) is 0 Å². The SMILES string of the molecule is CC1(C)c2ccccc2-c2cc3cccc(N(c4ccccc4)c4ccc(-c5ccccc5)cc4)c3cc21. The molecule has 6 aromatic rings. The van der Waals surface area contributed by atoms with Crippen LogP contribution < -0.4 is 4.90 Å². The molecule has 0 heterocycles. The monoisotopic (exact) mass is 487 g/mol. The van der Waals surface area contributed by atoms with E-state index in [1.54, 1.807) is 0 Å². The molecule has 1 aliphatic carbocycles. The molecule has 0 N–H and O–H groups in total. The first-order chi connectivity index (χ1) is 18.6. The van der Waals surface area contributed by atoms with E-state index in [0.29, 0.717) is 0 Å². The van der Waals surface area contributed by atoms with Crippen molar-refractivity contribution in [3.63, 3.8) is 0 Å². The van der Waals surface area contributed by atoms with Gasteiger partial charge < -0.3 is 4.90 Å². The van der Waals surface area contributed by atoms with E-state index in [-0.39, 0.29) is 5.41 Å². The van der Waals surface area contributed by atoms with Crippen LogP contribution in [0.15, 0.2) is 140 Å². The second-order valence-corrected chi connectivity index (χ2v) is 10.7. The highest BCUT2D eigenvalue weighted by molar-refractivity contribution is 6.03. The standard InChI is InChI=1S/C37H29N/c1-37(2)34-18-10-9-17-31(34)33-24-28-14-11-19-36(32(28)25-35(33)37)38(29-15-7-4-8-16-29)30-22-20-27(21-23-30)26-12-5-3-6-13-26/h3-25H,1-2H3. The molecule has 0 bridgehead atoms. The summed E-state index contributed by atoms with van der Waals surface area (Å²) in [6, 6.07) is 50.6. The van der Waals surface area contributed by atoms with Crippen LogP contribution in [-0.4, -0.2) is 0 Å². The van der Waals surface area contributed by atoms with E-state index >= 15 is 0 Å². The van der Waals surface area contributed by atoms with Gasteiger partial charge in [0, 0.05) is 22.2 Å². The molecule has 0 aromatic heterocycles. The van der Waals surface area contributed by atoms with Crippen molar-refractivity contribution in [2.45, 2.75) is 19.3 Å². The molecule has 0 spiro atoms. The fraction of sp³-hybridized carbons (Fsp3) is 0.0811. The maximum Gasteiger partial charge on any atom is 0.0540 e. The van der Waals surface area contributed by atoms with Crippen molar-refractivity contribution in [1.29, 1.82) is 0 Å². The third-order valence-corrected chi connectivity index (χ3v) is 8.05. The molecule has 7 rings (SSSR count). The van der Waals surface area contributed by atoms with Crippen molar-refractivity contribution in [3.8, 4) is 22.3 Å². The van der Waals surface area contributed by atoms with Gasteiger partial charge in [0.05, 0.1) is 5.69 Å². The topological polar surface area (TPSA) is 3.24 Å². The van der Waals surface area contributed by atoms with Crippen molar-refractivity contribution in [2.75, 3.05) is 4.90 Å². The Labute approximate surface area is 224 Å². The molecule has 0 aliphatic heterocycles. The van der Waals surface area contributed by atoms with Crippen LogP contribution >= 0.6 is 0 Å². The minimum atomic E-state index is -0.0395. The zero-order chi connectivity index (χ0) is 25.7. The Morgan fingerprint density at radius 2 is 1.11 bits per heavy atom. The summed E-state index contributed by atoms with van der Waals surface area (Å²) in [5.41, 5.74) is 11.4. The Morgan fingerprint density at radius 1 is 0.474 bits per heavy atom. The average Bonchev–Trinajstić information content (AvgIpc) is 3.20. The predicted molar refractivity (Wildman–Crippen MR) is 162 cm³/mol. The molecule has 0 radical (unpaired) electrons. The van der Waals surface area contributed by atoms with Gasteiger partial charge in [-0.05, 0) is 81.2 Å². The molecule has 0 unspecified atom stereocenters. The third-order valence-electron chi connectivity index (χ3n) is 8.05. The van der Waals surface area contributed by atoms with Gasteiger partial charge >= 0.3 is 0 Å². The Balaban J connectivity index is 1.42. The van der Waals surface area contributed by atoms with Gasteiger partial charge in [-0.1, -0.05) is 111 Å². The number of nitrogens with zero attached hydrogens (tertiary/aromatic N) is 1. The molecule has 1 nitrogen and oxygen atoms in total. The highest BCUT2D eigenvalue weighted by atomic mass is 15.1. The fourth-order valence-electron chi connectivity index (χ4n) is 6.09. The minimum absolute atomic E-state index is 0.0395. The first-order valence-electron chi connectivity index (χ1n) is 13.3. The molecule has 0 saturated carbocycles. The van der Waals surface area contributed by atoms with Gasteiger partial charge in [-0.2, -0.15) is 0 Å². The van der Waals surface area contributed by atoms with Crippen LogP contribution in [0.1, 0.15) is 25.0 Å². The number of hydrogen-bond donors (Lipinski definition) is 0. The summed E-state index contributed by atoms with van der Waals surface area (Å²) in [5, 5.41) is 2.53. The maximum absolute atomic E-state index is 2.44. The van der Waals surface area contributed by atoms with E-state index < -0.39 is 0 Å². The molecule has 182 valence electrons. The van der Waals surface area contributed by atoms with E-state index in [0.717, 1.165) is 11.4 Å². The second-order valence-electron chi connectivity index (χ2n) is 10.7. The molecule has 0 amide bonds. The highest BCUT2D eigenvalue weighted by Gasteiger charge is 2.35. The van der Waals surface area contributed by atoms with E-state index in [1.165, 1.54) is 49.8 Å². The van der Waals surface area contributed by atoms with Crippen molar-refractivity contribution < 1.29 is 0 Å². The lowest BCUT2D eigenvalue weighted by atomic mass is 9.82. The summed E-state index contributed by atoms with van der Waals surface area (Å²) in [5.74, 6) is 0. The van der Waals surface area contributed by atoms with Gasteiger partial charge in [0.1, 0.15) is 0 Å². The second kappa shape index (κ2) is 8.75. The number of rotatable bonds is 4. The van der Waals surface area contributed by atoms with Gasteiger partial charge in [-0.15, -0.1) is 0 Å². The fourth-order valence-corrected chi connectivity index (χ4v) is 6.09. The van der Waals surface area contributed by atoms with Crippen molar-refractivity contribution in [3.05, 3.63) is 151 Å². The number of anilines is 3. The maximum atomic E-state index is 2.44. The van der Waals surface area contributed by atoms with E-state index in [1.807, 2.05) is 0 Å². The minimum Gasteiger partial charge on any atom is -0.310 e. The van der Waals surface area contributed by atoms with E-state index in [9.17, 15) is 0 Å². The molecule has 1 aliphatic rings. The quantitative estimate of drug-likeness (QED) is 0.239. The normalized spacial score (nSPS) is 13.2. The lowest BCUT2D eigenvalue weighted by Crippen LogP contribution is -2.15.